The van der Waals surface area contributed by atoms with Crippen LogP contribution in [0, 0.1) is 6.92 Å². The molecule has 0 atom stereocenters. The Morgan fingerprint density at radius 1 is 1.48 bits per heavy atom. The third-order valence-electron chi connectivity index (χ3n) is 2.85. The van der Waals surface area contributed by atoms with Crippen molar-refractivity contribution in [3.63, 3.8) is 0 Å². The molecule has 9 heteroatoms. The Balaban J connectivity index is 1.95. The summed E-state index contributed by atoms with van der Waals surface area (Å²) in [5.74, 6) is 0.550. The van der Waals surface area contributed by atoms with Gasteiger partial charge in [-0.2, -0.15) is 10.1 Å². The topological polar surface area (TPSA) is 116 Å². The van der Waals surface area contributed by atoms with Crippen LogP contribution in [0.4, 0.5) is 0 Å². The third-order valence-corrected chi connectivity index (χ3v) is 3.53. The van der Waals surface area contributed by atoms with Crippen LogP contribution in [0.15, 0.2) is 16.1 Å². The molecular weight excluding hydrogens is 292 g/mol. The van der Waals surface area contributed by atoms with Crippen molar-refractivity contribution in [2.24, 2.45) is 0 Å². The smallest absolute Gasteiger partial charge is 0.346 e. The summed E-state index contributed by atoms with van der Waals surface area (Å²) in [5.41, 5.74) is 0.493. The second-order valence-electron chi connectivity index (χ2n) is 4.34. The van der Waals surface area contributed by atoms with Crippen molar-refractivity contribution in [2.45, 2.75) is 24.8 Å². The first-order valence-corrected chi connectivity index (χ1v) is 7.61. The number of carbonyl (C=O) groups excluding carboxylic acids is 1. The van der Waals surface area contributed by atoms with Gasteiger partial charge in [0.05, 0.1) is 5.56 Å². The van der Waals surface area contributed by atoms with Crippen molar-refractivity contribution >= 4 is 17.7 Å². The molecule has 21 heavy (non-hydrogen) atoms. The number of rotatable bonds is 6. The van der Waals surface area contributed by atoms with Gasteiger partial charge in [0, 0.05) is 18.7 Å². The molecule has 0 unspecified atom stereocenters. The zero-order valence-electron chi connectivity index (χ0n) is 11.8. The highest BCUT2D eigenvalue weighted by Gasteiger charge is 2.16. The third kappa shape index (κ3) is 3.91. The minimum Gasteiger partial charge on any atom is -0.352 e. The summed E-state index contributed by atoms with van der Waals surface area (Å²) in [5, 5.41) is 9.78. The maximum absolute atomic E-state index is 12.2. The van der Waals surface area contributed by atoms with Gasteiger partial charge in [0.15, 0.2) is 0 Å². The maximum atomic E-state index is 12.2. The largest absolute Gasteiger partial charge is 0.352 e. The number of carbonyl (C=O) groups is 1. The van der Waals surface area contributed by atoms with Gasteiger partial charge in [0.2, 0.25) is 0 Å². The number of hydrogen-bond donors (Lipinski definition) is 3. The number of nitrogens with zero attached hydrogens (tertiary/aromatic N) is 3. The Kier molecular flexibility index (Phi) is 5.09. The fraction of sp³-hybridized carbons (Fsp3) is 0.417. The molecule has 0 saturated heterocycles. The first-order chi connectivity index (χ1) is 10.1. The van der Waals surface area contributed by atoms with Gasteiger partial charge in [-0.3, -0.25) is 9.89 Å². The van der Waals surface area contributed by atoms with E-state index < -0.39 is 5.69 Å². The molecule has 0 spiro atoms. The van der Waals surface area contributed by atoms with Crippen LogP contribution < -0.4 is 11.0 Å². The summed E-state index contributed by atoms with van der Waals surface area (Å²) >= 11 is 1.27. The highest BCUT2D eigenvalue weighted by atomic mass is 32.2. The molecule has 2 rings (SSSR count). The van der Waals surface area contributed by atoms with Crippen molar-refractivity contribution in [1.29, 1.82) is 0 Å². The van der Waals surface area contributed by atoms with Gasteiger partial charge in [-0.25, -0.2) is 9.78 Å². The Labute approximate surface area is 125 Å². The van der Waals surface area contributed by atoms with Crippen LogP contribution in [-0.4, -0.2) is 43.9 Å². The SMILES string of the molecule is CSc1nc(=O)[nH]c(C)c1C(=O)NCCCc1ncn[nH]1. The average molecular weight is 308 g/mol. The van der Waals surface area contributed by atoms with Crippen LogP contribution in [0.2, 0.25) is 0 Å². The Morgan fingerprint density at radius 2 is 2.29 bits per heavy atom. The van der Waals surface area contributed by atoms with E-state index in [1.807, 2.05) is 0 Å². The number of amides is 1. The van der Waals surface area contributed by atoms with Gasteiger partial charge in [-0.05, 0) is 19.6 Å². The molecule has 2 aromatic heterocycles. The van der Waals surface area contributed by atoms with E-state index >= 15 is 0 Å². The van der Waals surface area contributed by atoms with E-state index in [4.69, 9.17) is 0 Å². The van der Waals surface area contributed by atoms with Gasteiger partial charge in [-0.1, -0.05) is 0 Å². The zero-order valence-corrected chi connectivity index (χ0v) is 12.6. The number of H-pyrrole nitrogens is 2. The summed E-state index contributed by atoms with van der Waals surface area (Å²) in [7, 11) is 0. The van der Waals surface area contributed by atoms with Crippen molar-refractivity contribution < 1.29 is 4.79 Å². The molecule has 0 radical (unpaired) electrons. The Bertz CT molecular complexity index is 667. The Hall–Kier alpha value is -2.16. The minimum absolute atomic E-state index is 0.238. The van der Waals surface area contributed by atoms with Gasteiger partial charge >= 0.3 is 5.69 Å². The molecule has 112 valence electrons. The minimum atomic E-state index is -0.446. The molecule has 0 bridgehead atoms. The summed E-state index contributed by atoms with van der Waals surface area (Å²) in [6, 6.07) is 0. The van der Waals surface area contributed by atoms with E-state index in [0.29, 0.717) is 29.2 Å². The molecule has 3 N–H and O–H groups in total. The molecular formula is C12H16N6O2S. The van der Waals surface area contributed by atoms with Crippen LogP contribution >= 0.6 is 11.8 Å². The Morgan fingerprint density at radius 3 is 2.95 bits per heavy atom. The lowest BCUT2D eigenvalue weighted by Crippen LogP contribution is -2.28. The lowest BCUT2D eigenvalue weighted by Gasteiger charge is -2.09. The molecule has 0 aliphatic carbocycles. The summed E-state index contributed by atoms with van der Waals surface area (Å²) in [6.45, 7) is 2.19. The quantitative estimate of drug-likeness (QED) is 0.401. The molecule has 2 aromatic rings. The van der Waals surface area contributed by atoms with E-state index in [-0.39, 0.29) is 5.91 Å². The molecule has 0 aliphatic rings. The fourth-order valence-corrected chi connectivity index (χ4v) is 2.50. The van der Waals surface area contributed by atoms with Crippen LogP contribution in [-0.2, 0) is 6.42 Å². The number of aromatic nitrogens is 5. The summed E-state index contributed by atoms with van der Waals surface area (Å²) in [6.07, 6.45) is 4.68. The molecule has 8 nitrogen and oxygen atoms in total. The molecule has 0 fully saturated rings. The molecule has 2 heterocycles. The van der Waals surface area contributed by atoms with E-state index in [1.165, 1.54) is 18.1 Å². The van der Waals surface area contributed by atoms with Crippen molar-refractivity contribution in [1.82, 2.24) is 30.5 Å². The second kappa shape index (κ2) is 7.02. The van der Waals surface area contributed by atoms with Crippen LogP contribution in [0.25, 0.3) is 0 Å². The van der Waals surface area contributed by atoms with E-state index in [0.717, 1.165) is 12.2 Å². The normalized spacial score (nSPS) is 10.6. The van der Waals surface area contributed by atoms with Gasteiger partial charge < -0.3 is 10.3 Å². The average Bonchev–Trinajstić information content (AvgIpc) is 2.95. The van der Waals surface area contributed by atoms with Crippen LogP contribution in [0.5, 0.6) is 0 Å². The van der Waals surface area contributed by atoms with Crippen molar-refractivity contribution in [2.75, 3.05) is 12.8 Å². The predicted octanol–water partition coefficient (Wildman–Crippen LogP) is 0.281. The highest BCUT2D eigenvalue weighted by molar-refractivity contribution is 7.98. The zero-order chi connectivity index (χ0) is 15.2. The highest BCUT2D eigenvalue weighted by Crippen LogP contribution is 2.17. The summed E-state index contributed by atoms with van der Waals surface area (Å²) in [4.78, 5) is 33.9. The first-order valence-electron chi connectivity index (χ1n) is 6.39. The lowest BCUT2D eigenvalue weighted by atomic mass is 10.2. The molecule has 0 aromatic carbocycles. The first kappa shape index (κ1) is 15.2. The molecule has 0 aliphatic heterocycles. The van der Waals surface area contributed by atoms with E-state index in [2.05, 4.69) is 30.5 Å². The molecule has 0 saturated carbocycles. The standard InChI is InChI=1S/C12H16N6O2S/c1-7-9(11(21-2)17-12(20)16-7)10(19)13-5-3-4-8-14-6-15-18-8/h6H,3-5H2,1-2H3,(H,13,19)(H,14,15,18)(H,16,17,20). The van der Waals surface area contributed by atoms with Crippen molar-refractivity contribution in [3.05, 3.63) is 33.9 Å². The number of hydrogen-bond acceptors (Lipinski definition) is 6. The number of aryl methyl sites for hydroxylation is 2. The maximum Gasteiger partial charge on any atom is 0.346 e. The fourth-order valence-electron chi connectivity index (χ4n) is 1.87. The van der Waals surface area contributed by atoms with Crippen LogP contribution in [0.1, 0.15) is 28.3 Å². The predicted molar refractivity (Wildman–Crippen MR) is 78.4 cm³/mol. The lowest BCUT2D eigenvalue weighted by molar-refractivity contribution is 0.0948. The van der Waals surface area contributed by atoms with E-state index in [9.17, 15) is 9.59 Å². The number of aromatic amines is 2. The van der Waals surface area contributed by atoms with Gasteiger partial charge in [0.1, 0.15) is 17.2 Å². The van der Waals surface area contributed by atoms with Crippen LogP contribution in [0.3, 0.4) is 0 Å². The number of thioether (sulfide) groups is 1. The van der Waals surface area contributed by atoms with Crippen molar-refractivity contribution in [3.8, 4) is 0 Å². The molecule has 1 amide bonds. The van der Waals surface area contributed by atoms with Gasteiger partial charge in [0.25, 0.3) is 5.91 Å². The van der Waals surface area contributed by atoms with Gasteiger partial charge in [-0.15, -0.1) is 11.8 Å². The van der Waals surface area contributed by atoms with E-state index in [1.54, 1.807) is 13.2 Å². The monoisotopic (exact) mass is 308 g/mol. The summed E-state index contributed by atoms with van der Waals surface area (Å²) < 4.78 is 0. The second-order valence-corrected chi connectivity index (χ2v) is 5.14. The number of nitrogens with one attached hydrogen (secondary N) is 3.